The third-order valence-electron chi connectivity index (χ3n) is 3.14. The summed E-state index contributed by atoms with van der Waals surface area (Å²) in [6.07, 6.45) is 4.79. The molecule has 1 spiro atoms. The van der Waals surface area contributed by atoms with Crippen molar-refractivity contribution in [2.75, 3.05) is 6.61 Å². The number of hydrogen-bond donors (Lipinski definition) is 0. The van der Waals surface area contributed by atoms with E-state index in [0.717, 1.165) is 12.5 Å². The second-order valence-electron chi connectivity index (χ2n) is 4.15. The lowest BCUT2D eigenvalue weighted by Gasteiger charge is -2.33. The summed E-state index contributed by atoms with van der Waals surface area (Å²) in [6, 6.07) is 0. The first-order chi connectivity index (χ1) is 4.73. The van der Waals surface area contributed by atoms with Crippen LogP contribution in [0.1, 0.15) is 33.1 Å². The highest BCUT2D eigenvalue weighted by Crippen LogP contribution is 2.56. The Morgan fingerprint density at radius 1 is 1.30 bits per heavy atom. The first kappa shape index (κ1) is 6.66. The molecule has 0 unspecified atom stereocenters. The van der Waals surface area contributed by atoms with Gasteiger partial charge in [0.25, 0.3) is 0 Å². The van der Waals surface area contributed by atoms with Gasteiger partial charge in [-0.25, -0.2) is 0 Å². The lowest BCUT2D eigenvalue weighted by molar-refractivity contribution is -0.0529. The summed E-state index contributed by atoms with van der Waals surface area (Å²) in [5, 5.41) is 0. The van der Waals surface area contributed by atoms with Crippen molar-refractivity contribution in [1.82, 2.24) is 0 Å². The lowest BCUT2D eigenvalue weighted by Crippen LogP contribution is -2.32. The molecule has 58 valence electrons. The molecule has 1 heteroatoms. The molecule has 0 radical (unpaired) electrons. The van der Waals surface area contributed by atoms with Crippen LogP contribution in [0.2, 0.25) is 0 Å². The first-order valence-corrected chi connectivity index (χ1v) is 4.34. The quantitative estimate of drug-likeness (QED) is 0.501. The summed E-state index contributed by atoms with van der Waals surface area (Å²) in [4.78, 5) is 0. The van der Waals surface area contributed by atoms with Crippen molar-refractivity contribution in [2.24, 2.45) is 11.3 Å². The van der Waals surface area contributed by atoms with Gasteiger partial charge in [-0.05, 0) is 37.5 Å². The van der Waals surface area contributed by atoms with Crippen molar-refractivity contribution >= 4 is 0 Å². The van der Waals surface area contributed by atoms with Gasteiger partial charge in [0.1, 0.15) is 0 Å². The van der Waals surface area contributed by atoms with Gasteiger partial charge in [-0.3, -0.25) is 0 Å². The molecule has 2 rings (SSSR count). The maximum Gasteiger partial charge on any atom is 0.0603 e. The van der Waals surface area contributed by atoms with Gasteiger partial charge in [0, 0.05) is 6.61 Å². The smallest absolute Gasteiger partial charge is 0.0603 e. The fourth-order valence-electron chi connectivity index (χ4n) is 2.18. The zero-order valence-corrected chi connectivity index (χ0v) is 6.89. The Morgan fingerprint density at radius 2 is 2.00 bits per heavy atom. The summed E-state index contributed by atoms with van der Waals surface area (Å²) >= 11 is 0. The molecule has 2 fully saturated rings. The fraction of sp³-hybridized carbons (Fsp3) is 1.00. The number of rotatable bonds is 0. The zero-order valence-electron chi connectivity index (χ0n) is 6.89. The van der Waals surface area contributed by atoms with Gasteiger partial charge in [0.15, 0.2) is 0 Å². The third kappa shape index (κ3) is 0.878. The minimum atomic E-state index is 0.545. The predicted molar refractivity (Wildman–Crippen MR) is 40.9 cm³/mol. The minimum Gasteiger partial charge on any atom is -0.378 e. The van der Waals surface area contributed by atoms with Crippen molar-refractivity contribution in [3.05, 3.63) is 0 Å². The molecular weight excluding hydrogens is 124 g/mol. The van der Waals surface area contributed by atoms with E-state index in [1.165, 1.54) is 19.3 Å². The van der Waals surface area contributed by atoms with Crippen LogP contribution in [0.5, 0.6) is 0 Å². The van der Waals surface area contributed by atoms with E-state index in [0.29, 0.717) is 11.5 Å². The molecule has 0 bridgehead atoms. The van der Waals surface area contributed by atoms with Crippen molar-refractivity contribution < 1.29 is 4.74 Å². The molecule has 0 aromatic rings. The van der Waals surface area contributed by atoms with Crippen LogP contribution in [0.3, 0.4) is 0 Å². The summed E-state index contributed by atoms with van der Waals surface area (Å²) < 4.78 is 5.67. The Balaban J connectivity index is 2.03. The molecule has 2 atom stereocenters. The molecule has 10 heavy (non-hydrogen) atoms. The topological polar surface area (TPSA) is 9.23 Å². The van der Waals surface area contributed by atoms with E-state index in [9.17, 15) is 0 Å². The van der Waals surface area contributed by atoms with E-state index in [4.69, 9.17) is 4.74 Å². The molecule has 0 aromatic carbocycles. The molecule has 1 aliphatic heterocycles. The van der Waals surface area contributed by atoms with Crippen LogP contribution in [0.25, 0.3) is 0 Å². The van der Waals surface area contributed by atoms with Crippen LogP contribution >= 0.6 is 0 Å². The highest BCUT2D eigenvalue weighted by Gasteiger charge is 2.50. The summed E-state index contributed by atoms with van der Waals surface area (Å²) in [5.74, 6) is 0.804. The maximum absolute atomic E-state index is 5.67. The Bertz CT molecular complexity index is 138. The minimum absolute atomic E-state index is 0.545. The standard InChI is InChI=1S/C9H16O/c1-7-5-9(3-4-9)8(2)10-6-7/h7-8H,3-6H2,1-2H3/t7-,8+/m0/s1. The highest BCUT2D eigenvalue weighted by molar-refractivity contribution is 5.00. The van der Waals surface area contributed by atoms with Gasteiger partial charge >= 0.3 is 0 Å². The number of hydrogen-bond acceptors (Lipinski definition) is 1. The molecule has 0 aromatic heterocycles. The van der Waals surface area contributed by atoms with Crippen LogP contribution in [0.4, 0.5) is 0 Å². The lowest BCUT2D eigenvalue weighted by atomic mass is 9.86. The van der Waals surface area contributed by atoms with Gasteiger partial charge in [0.2, 0.25) is 0 Å². The van der Waals surface area contributed by atoms with Crippen molar-refractivity contribution in [2.45, 2.75) is 39.2 Å². The molecule has 1 aliphatic carbocycles. The largest absolute Gasteiger partial charge is 0.378 e. The summed E-state index contributed by atoms with van der Waals surface area (Å²) in [7, 11) is 0. The SMILES string of the molecule is C[C@@H]1CO[C@H](C)C2(CC2)C1. The van der Waals surface area contributed by atoms with Gasteiger partial charge in [-0.2, -0.15) is 0 Å². The zero-order chi connectivity index (χ0) is 7.19. The Hall–Kier alpha value is -0.0400. The van der Waals surface area contributed by atoms with Crippen LogP contribution < -0.4 is 0 Å². The van der Waals surface area contributed by atoms with E-state index in [-0.39, 0.29) is 0 Å². The Labute approximate surface area is 62.8 Å². The molecule has 1 saturated carbocycles. The van der Waals surface area contributed by atoms with Crippen molar-refractivity contribution in [3.63, 3.8) is 0 Å². The first-order valence-electron chi connectivity index (χ1n) is 4.34. The third-order valence-corrected chi connectivity index (χ3v) is 3.14. The van der Waals surface area contributed by atoms with Gasteiger partial charge in [-0.15, -0.1) is 0 Å². The van der Waals surface area contributed by atoms with Crippen LogP contribution in [-0.4, -0.2) is 12.7 Å². The van der Waals surface area contributed by atoms with E-state index in [2.05, 4.69) is 13.8 Å². The van der Waals surface area contributed by atoms with E-state index < -0.39 is 0 Å². The highest BCUT2D eigenvalue weighted by atomic mass is 16.5. The molecule has 0 amide bonds. The molecule has 1 heterocycles. The molecule has 1 nitrogen and oxygen atoms in total. The average Bonchev–Trinajstić information content (AvgIpc) is 2.62. The van der Waals surface area contributed by atoms with Crippen molar-refractivity contribution in [1.29, 1.82) is 0 Å². The van der Waals surface area contributed by atoms with E-state index in [1.54, 1.807) is 0 Å². The van der Waals surface area contributed by atoms with Crippen LogP contribution in [-0.2, 0) is 4.74 Å². The van der Waals surface area contributed by atoms with Crippen LogP contribution in [0.15, 0.2) is 0 Å². The maximum atomic E-state index is 5.67. The second kappa shape index (κ2) is 1.97. The second-order valence-corrected chi connectivity index (χ2v) is 4.15. The van der Waals surface area contributed by atoms with Crippen molar-refractivity contribution in [3.8, 4) is 0 Å². The average molecular weight is 140 g/mol. The normalized spacial score (nSPS) is 43.8. The Morgan fingerprint density at radius 3 is 2.50 bits per heavy atom. The molecule has 1 saturated heterocycles. The van der Waals surface area contributed by atoms with E-state index >= 15 is 0 Å². The van der Waals surface area contributed by atoms with E-state index in [1.807, 2.05) is 0 Å². The Kier molecular flexibility index (Phi) is 1.31. The molecule has 0 N–H and O–H groups in total. The van der Waals surface area contributed by atoms with Gasteiger partial charge < -0.3 is 4.74 Å². The van der Waals surface area contributed by atoms with Gasteiger partial charge in [-0.1, -0.05) is 6.92 Å². The van der Waals surface area contributed by atoms with Crippen LogP contribution in [0, 0.1) is 11.3 Å². The fourth-order valence-corrected chi connectivity index (χ4v) is 2.18. The summed E-state index contributed by atoms with van der Waals surface area (Å²) in [5.41, 5.74) is 0.637. The predicted octanol–water partition coefficient (Wildman–Crippen LogP) is 2.21. The molecule has 2 aliphatic rings. The monoisotopic (exact) mass is 140 g/mol. The molecular formula is C9H16O. The summed E-state index contributed by atoms with van der Waals surface area (Å²) in [6.45, 7) is 5.52. The van der Waals surface area contributed by atoms with Gasteiger partial charge in [0.05, 0.1) is 6.10 Å². The number of ether oxygens (including phenoxy) is 1.